The Labute approximate surface area is 104 Å². The lowest BCUT2D eigenvalue weighted by atomic mass is 9.88. The average molecular weight is 234 g/mol. The third-order valence-corrected chi connectivity index (χ3v) is 3.28. The van der Waals surface area contributed by atoms with Gasteiger partial charge in [-0.25, -0.2) is 0 Å². The number of benzene rings is 1. The second kappa shape index (κ2) is 5.52. The van der Waals surface area contributed by atoms with Crippen LogP contribution >= 0.6 is 0 Å². The Bertz CT molecular complexity index is 376. The highest BCUT2D eigenvalue weighted by molar-refractivity contribution is 5.42. The number of rotatable bonds is 4. The fraction of sp³-hybridized carbons (Fsp3) is 0.571. The number of nitrogens with zero attached hydrogens (tertiary/aromatic N) is 1. The largest absolute Gasteiger partial charge is 0.492 e. The molecule has 3 heteroatoms. The Morgan fingerprint density at radius 2 is 2.24 bits per heavy atom. The molecule has 2 rings (SSSR count). The molecule has 1 aromatic rings. The Kier molecular flexibility index (Phi) is 4.02. The van der Waals surface area contributed by atoms with Gasteiger partial charge in [0, 0.05) is 12.6 Å². The summed E-state index contributed by atoms with van der Waals surface area (Å²) in [5.41, 5.74) is 8.77. The molecule has 0 bridgehead atoms. The van der Waals surface area contributed by atoms with E-state index < -0.39 is 0 Å². The third kappa shape index (κ3) is 3.20. The number of ether oxygens (including phenoxy) is 1. The van der Waals surface area contributed by atoms with Crippen LogP contribution in [-0.2, 0) is 12.8 Å². The molecule has 94 valence electrons. The molecule has 3 nitrogen and oxygen atoms in total. The molecule has 0 aromatic heterocycles. The van der Waals surface area contributed by atoms with Crippen LogP contribution in [0.3, 0.4) is 0 Å². The van der Waals surface area contributed by atoms with Crippen molar-refractivity contribution < 1.29 is 4.74 Å². The molecule has 0 amide bonds. The molecule has 1 atom stereocenters. The van der Waals surface area contributed by atoms with Crippen LogP contribution in [0.15, 0.2) is 18.2 Å². The van der Waals surface area contributed by atoms with Crippen LogP contribution in [0, 0.1) is 0 Å². The van der Waals surface area contributed by atoms with Gasteiger partial charge in [0.1, 0.15) is 12.4 Å². The van der Waals surface area contributed by atoms with E-state index in [-0.39, 0.29) is 0 Å². The lowest BCUT2D eigenvalue weighted by molar-refractivity contribution is 0.258. The smallest absolute Gasteiger partial charge is 0.122 e. The summed E-state index contributed by atoms with van der Waals surface area (Å²) in [6, 6.07) is 6.63. The highest BCUT2D eigenvalue weighted by Gasteiger charge is 2.18. The molecule has 1 aromatic carbocycles. The van der Waals surface area contributed by atoms with Crippen LogP contribution in [0.2, 0.25) is 0 Å². The first kappa shape index (κ1) is 12.4. The molecular formula is C14H22N2O. The minimum Gasteiger partial charge on any atom is -0.492 e. The fourth-order valence-electron chi connectivity index (χ4n) is 2.26. The lowest BCUT2D eigenvalue weighted by Gasteiger charge is -2.24. The number of hydrogen-bond acceptors (Lipinski definition) is 3. The van der Waals surface area contributed by atoms with Gasteiger partial charge in [0.15, 0.2) is 0 Å². The van der Waals surface area contributed by atoms with Gasteiger partial charge < -0.3 is 15.4 Å². The first-order valence-corrected chi connectivity index (χ1v) is 6.30. The molecule has 0 spiro atoms. The van der Waals surface area contributed by atoms with Gasteiger partial charge in [-0.15, -0.1) is 0 Å². The molecule has 0 saturated carbocycles. The molecule has 0 fully saturated rings. The predicted octanol–water partition coefficient (Wildman–Crippen LogP) is 1.44. The van der Waals surface area contributed by atoms with Gasteiger partial charge in [-0.05, 0) is 50.6 Å². The minimum atomic E-state index is 0.293. The number of hydrogen-bond donors (Lipinski definition) is 1. The monoisotopic (exact) mass is 234 g/mol. The molecule has 0 saturated heterocycles. The van der Waals surface area contributed by atoms with Gasteiger partial charge in [0.2, 0.25) is 0 Å². The van der Waals surface area contributed by atoms with Gasteiger partial charge in [-0.2, -0.15) is 0 Å². The second-order valence-electron chi connectivity index (χ2n) is 5.05. The van der Waals surface area contributed by atoms with Crippen molar-refractivity contribution in [2.75, 3.05) is 27.2 Å². The fourth-order valence-corrected chi connectivity index (χ4v) is 2.26. The molecule has 0 heterocycles. The van der Waals surface area contributed by atoms with E-state index in [0.29, 0.717) is 6.04 Å². The van der Waals surface area contributed by atoms with Gasteiger partial charge in [0.25, 0.3) is 0 Å². The van der Waals surface area contributed by atoms with Crippen molar-refractivity contribution in [3.05, 3.63) is 29.3 Å². The van der Waals surface area contributed by atoms with E-state index >= 15 is 0 Å². The molecule has 0 aliphatic heterocycles. The van der Waals surface area contributed by atoms with Crippen LogP contribution in [0.1, 0.15) is 17.5 Å². The number of fused-ring (bicyclic) bond motifs is 1. The number of nitrogens with two attached hydrogens (primary N) is 1. The predicted molar refractivity (Wildman–Crippen MR) is 70.5 cm³/mol. The maximum absolute atomic E-state index is 6.03. The molecule has 17 heavy (non-hydrogen) atoms. The topological polar surface area (TPSA) is 38.5 Å². The summed E-state index contributed by atoms with van der Waals surface area (Å²) in [7, 11) is 4.11. The van der Waals surface area contributed by atoms with Gasteiger partial charge in [-0.1, -0.05) is 12.1 Å². The summed E-state index contributed by atoms with van der Waals surface area (Å²) in [5.74, 6) is 1.03. The minimum absolute atomic E-state index is 0.293. The normalized spacial score (nSPS) is 19.2. The standard InChI is InChI=1S/C14H22N2O/c1-16(2)8-9-17-14-5-3-4-11-6-7-12(15)10-13(11)14/h3-5,12H,6-10,15H2,1-2H3/t12-/m1/s1. The highest BCUT2D eigenvalue weighted by Crippen LogP contribution is 2.29. The zero-order chi connectivity index (χ0) is 12.3. The van der Waals surface area contributed by atoms with E-state index in [4.69, 9.17) is 10.5 Å². The average Bonchev–Trinajstić information content (AvgIpc) is 2.29. The maximum Gasteiger partial charge on any atom is 0.122 e. The van der Waals surface area contributed by atoms with E-state index in [1.807, 2.05) is 0 Å². The van der Waals surface area contributed by atoms with Gasteiger partial charge >= 0.3 is 0 Å². The maximum atomic E-state index is 6.03. The lowest BCUT2D eigenvalue weighted by Crippen LogP contribution is -2.28. The van der Waals surface area contributed by atoms with Crippen LogP contribution < -0.4 is 10.5 Å². The molecule has 2 N–H and O–H groups in total. The van der Waals surface area contributed by atoms with Crippen molar-refractivity contribution >= 4 is 0 Å². The van der Waals surface area contributed by atoms with Crippen LogP contribution in [0.5, 0.6) is 5.75 Å². The summed E-state index contributed by atoms with van der Waals surface area (Å²) in [6.07, 6.45) is 3.13. The van der Waals surface area contributed by atoms with Crippen molar-refractivity contribution in [1.82, 2.24) is 4.90 Å². The highest BCUT2D eigenvalue weighted by atomic mass is 16.5. The van der Waals surface area contributed by atoms with E-state index in [1.165, 1.54) is 11.1 Å². The third-order valence-electron chi connectivity index (χ3n) is 3.28. The molecule has 1 aliphatic carbocycles. The van der Waals surface area contributed by atoms with Crippen LogP contribution in [0.4, 0.5) is 0 Å². The SMILES string of the molecule is CN(C)CCOc1cccc2c1C[C@H](N)CC2. The van der Waals surface area contributed by atoms with E-state index in [2.05, 4.69) is 37.2 Å². The van der Waals surface area contributed by atoms with Gasteiger partial charge in [-0.3, -0.25) is 0 Å². The van der Waals surface area contributed by atoms with E-state index in [9.17, 15) is 0 Å². The molecule has 1 aliphatic rings. The van der Waals surface area contributed by atoms with Crippen LogP contribution in [0.25, 0.3) is 0 Å². The van der Waals surface area contributed by atoms with Gasteiger partial charge in [0.05, 0.1) is 0 Å². The van der Waals surface area contributed by atoms with E-state index in [0.717, 1.165) is 38.2 Å². The van der Waals surface area contributed by atoms with Crippen molar-refractivity contribution in [3.8, 4) is 5.75 Å². The summed E-state index contributed by atoms with van der Waals surface area (Å²) in [5, 5.41) is 0. The van der Waals surface area contributed by atoms with Crippen LogP contribution in [-0.4, -0.2) is 38.2 Å². The second-order valence-corrected chi connectivity index (χ2v) is 5.05. The zero-order valence-corrected chi connectivity index (χ0v) is 10.8. The number of aryl methyl sites for hydroxylation is 1. The molecular weight excluding hydrogens is 212 g/mol. The van der Waals surface area contributed by atoms with Crippen molar-refractivity contribution in [1.29, 1.82) is 0 Å². The molecule has 0 radical (unpaired) electrons. The number of likely N-dealkylation sites (N-methyl/N-ethyl adjacent to an activating group) is 1. The summed E-state index contributed by atoms with van der Waals surface area (Å²) in [6.45, 7) is 1.68. The van der Waals surface area contributed by atoms with Crippen molar-refractivity contribution in [3.63, 3.8) is 0 Å². The first-order chi connectivity index (χ1) is 8.16. The summed E-state index contributed by atoms with van der Waals surface area (Å²) >= 11 is 0. The molecule has 0 unspecified atom stereocenters. The Balaban J connectivity index is 2.06. The first-order valence-electron chi connectivity index (χ1n) is 6.30. The van der Waals surface area contributed by atoms with E-state index in [1.54, 1.807) is 0 Å². The Morgan fingerprint density at radius 1 is 1.41 bits per heavy atom. The zero-order valence-electron chi connectivity index (χ0n) is 10.8. The van der Waals surface area contributed by atoms with Crippen molar-refractivity contribution in [2.45, 2.75) is 25.3 Å². The van der Waals surface area contributed by atoms with Crippen molar-refractivity contribution in [2.24, 2.45) is 5.73 Å². The Morgan fingerprint density at radius 3 is 3.00 bits per heavy atom. The quantitative estimate of drug-likeness (QED) is 0.857. The summed E-state index contributed by atoms with van der Waals surface area (Å²) in [4.78, 5) is 2.13. The summed E-state index contributed by atoms with van der Waals surface area (Å²) < 4.78 is 5.87. The Hall–Kier alpha value is -1.06.